The minimum atomic E-state index is -1.15. The number of amides is 1. The summed E-state index contributed by atoms with van der Waals surface area (Å²) in [5, 5.41) is 11.6. The average Bonchev–Trinajstić information content (AvgIpc) is 2.51. The molecule has 0 heterocycles. The Morgan fingerprint density at radius 2 is 1.91 bits per heavy atom. The molecule has 1 aliphatic carbocycles. The van der Waals surface area contributed by atoms with Crippen molar-refractivity contribution in [1.82, 2.24) is 0 Å². The molecule has 0 saturated heterocycles. The number of carbonyl (C=O) groups excluding carboxylic acids is 1. The van der Waals surface area contributed by atoms with Gasteiger partial charge in [0.25, 0.3) is 0 Å². The number of aliphatic carboxylic acids is 1. The largest absolute Gasteiger partial charge is 0.481 e. The summed E-state index contributed by atoms with van der Waals surface area (Å²) in [6.45, 7) is 1.60. The van der Waals surface area contributed by atoms with Gasteiger partial charge in [0.1, 0.15) is 11.6 Å². The van der Waals surface area contributed by atoms with Crippen LogP contribution in [-0.2, 0) is 9.59 Å². The molecule has 1 saturated carbocycles. The third kappa shape index (κ3) is 4.06. The first-order valence-corrected chi connectivity index (χ1v) is 7.81. The first-order valence-electron chi connectivity index (χ1n) is 7.81. The van der Waals surface area contributed by atoms with E-state index < -0.39 is 28.9 Å². The normalized spacial score (nSPS) is 18.2. The fraction of sp³-hybridized carbons (Fsp3) is 0.529. The molecular weight excluding hydrogens is 304 g/mol. The van der Waals surface area contributed by atoms with Crippen molar-refractivity contribution in [1.29, 1.82) is 0 Å². The molecular formula is C17H21F2NO3. The predicted molar refractivity (Wildman–Crippen MR) is 81.9 cm³/mol. The summed E-state index contributed by atoms with van der Waals surface area (Å²) in [5.74, 6) is -3.14. The maximum absolute atomic E-state index is 13.7. The molecule has 23 heavy (non-hydrogen) atoms. The van der Waals surface area contributed by atoms with E-state index in [-0.39, 0.29) is 18.0 Å². The Labute approximate surface area is 133 Å². The van der Waals surface area contributed by atoms with Crippen LogP contribution in [0.25, 0.3) is 0 Å². The molecule has 126 valence electrons. The molecule has 2 rings (SSSR count). The van der Waals surface area contributed by atoms with Gasteiger partial charge in [0.2, 0.25) is 5.91 Å². The van der Waals surface area contributed by atoms with Crippen molar-refractivity contribution >= 4 is 17.6 Å². The second kappa shape index (κ2) is 7.06. The third-order valence-corrected chi connectivity index (χ3v) is 4.72. The van der Waals surface area contributed by atoms with Gasteiger partial charge in [0, 0.05) is 6.07 Å². The van der Waals surface area contributed by atoms with Gasteiger partial charge in [0.05, 0.1) is 17.5 Å². The zero-order chi connectivity index (χ0) is 17.0. The molecule has 1 fully saturated rings. The molecule has 4 nitrogen and oxygen atoms in total. The first kappa shape index (κ1) is 17.4. The lowest BCUT2D eigenvalue weighted by Crippen LogP contribution is -2.42. The molecule has 0 unspecified atom stereocenters. The third-order valence-electron chi connectivity index (χ3n) is 4.72. The highest BCUT2D eigenvalue weighted by Gasteiger charge is 2.43. The number of anilines is 1. The predicted octanol–water partition coefficient (Wildman–Crippen LogP) is 3.96. The number of hydrogen-bond donors (Lipinski definition) is 2. The van der Waals surface area contributed by atoms with Crippen LogP contribution in [0.4, 0.5) is 14.5 Å². The molecule has 1 aliphatic rings. The van der Waals surface area contributed by atoms with Gasteiger partial charge in [0.15, 0.2) is 0 Å². The minimum Gasteiger partial charge on any atom is -0.481 e. The molecule has 2 N–H and O–H groups in total. The highest BCUT2D eigenvalue weighted by atomic mass is 19.1. The van der Waals surface area contributed by atoms with Crippen LogP contribution >= 0.6 is 0 Å². The Morgan fingerprint density at radius 3 is 2.52 bits per heavy atom. The summed E-state index contributed by atoms with van der Waals surface area (Å²) >= 11 is 0. The summed E-state index contributed by atoms with van der Waals surface area (Å²) in [5.41, 5.74) is -1.41. The topological polar surface area (TPSA) is 66.4 Å². The zero-order valence-corrected chi connectivity index (χ0v) is 13.1. The smallest absolute Gasteiger partial charge is 0.304 e. The molecule has 0 aliphatic heterocycles. The van der Waals surface area contributed by atoms with E-state index in [1.54, 1.807) is 6.92 Å². The van der Waals surface area contributed by atoms with E-state index in [1.165, 1.54) is 0 Å². The maximum atomic E-state index is 13.7. The average molecular weight is 325 g/mol. The highest BCUT2D eigenvalue weighted by molar-refractivity contribution is 5.97. The van der Waals surface area contributed by atoms with E-state index in [0.717, 1.165) is 50.3 Å². The van der Waals surface area contributed by atoms with Gasteiger partial charge in [-0.1, -0.05) is 19.3 Å². The second-order valence-corrected chi connectivity index (χ2v) is 6.40. The van der Waals surface area contributed by atoms with Gasteiger partial charge in [-0.3, -0.25) is 9.59 Å². The Bertz CT molecular complexity index is 600. The van der Waals surface area contributed by atoms with Crippen molar-refractivity contribution in [3.05, 3.63) is 29.8 Å². The maximum Gasteiger partial charge on any atom is 0.304 e. The Balaban J connectivity index is 2.25. The van der Waals surface area contributed by atoms with E-state index >= 15 is 0 Å². The van der Waals surface area contributed by atoms with Gasteiger partial charge in [-0.05, 0) is 37.8 Å². The SMILES string of the molecule is C[C@](CC(=O)O)(C(=O)Nc1cc(F)ccc1F)C1CCCCC1. The van der Waals surface area contributed by atoms with Gasteiger partial charge in [-0.25, -0.2) is 8.78 Å². The molecule has 0 aromatic heterocycles. The number of benzene rings is 1. The summed E-state index contributed by atoms with van der Waals surface area (Å²) in [7, 11) is 0. The zero-order valence-electron chi connectivity index (χ0n) is 13.1. The number of carbonyl (C=O) groups is 2. The van der Waals surface area contributed by atoms with E-state index in [2.05, 4.69) is 5.32 Å². The fourth-order valence-electron chi connectivity index (χ4n) is 3.32. The van der Waals surface area contributed by atoms with Crippen LogP contribution in [0.5, 0.6) is 0 Å². The number of carboxylic acid groups (broad SMARTS) is 1. The van der Waals surface area contributed by atoms with E-state index in [0.29, 0.717) is 0 Å². The standard InChI is InChI=1S/C17H21F2NO3/c1-17(10-15(21)22,11-5-3-2-4-6-11)16(23)20-14-9-12(18)7-8-13(14)19/h7-9,11H,2-6,10H2,1H3,(H,20,23)(H,21,22)/t17-/m1/s1. The van der Waals surface area contributed by atoms with Crippen molar-refractivity contribution in [2.45, 2.75) is 45.4 Å². The van der Waals surface area contributed by atoms with Crippen molar-refractivity contribution in [2.75, 3.05) is 5.32 Å². The summed E-state index contributed by atoms with van der Waals surface area (Å²) in [6, 6.07) is 2.79. The molecule has 0 radical (unpaired) electrons. The van der Waals surface area contributed by atoms with Gasteiger partial charge < -0.3 is 10.4 Å². The summed E-state index contributed by atoms with van der Waals surface area (Å²) < 4.78 is 27.0. The second-order valence-electron chi connectivity index (χ2n) is 6.40. The van der Waals surface area contributed by atoms with Crippen LogP contribution in [0.2, 0.25) is 0 Å². The van der Waals surface area contributed by atoms with Crippen LogP contribution in [-0.4, -0.2) is 17.0 Å². The van der Waals surface area contributed by atoms with Crippen molar-refractivity contribution < 1.29 is 23.5 Å². The molecule has 1 aromatic carbocycles. The number of hydrogen-bond acceptors (Lipinski definition) is 2. The molecule has 0 bridgehead atoms. The minimum absolute atomic E-state index is 0.0797. The molecule has 6 heteroatoms. The van der Waals surface area contributed by atoms with Crippen molar-refractivity contribution in [3.8, 4) is 0 Å². The summed E-state index contributed by atoms with van der Waals surface area (Å²) in [4.78, 5) is 23.9. The quantitative estimate of drug-likeness (QED) is 0.861. The fourth-order valence-corrected chi connectivity index (χ4v) is 3.32. The molecule has 0 spiro atoms. The molecule has 1 atom stereocenters. The lowest BCUT2D eigenvalue weighted by atomic mass is 9.67. The van der Waals surface area contributed by atoms with Crippen LogP contribution in [0.15, 0.2) is 18.2 Å². The van der Waals surface area contributed by atoms with Crippen LogP contribution in [0.1, 0.15) is 45.4 Å². The highest BCUT2D eigenvalue weighted by Crippen LogP contribution is 2.42. The van der Waals surface area contributed by atoms with Gasteiger partial charge in [-0.2, -0.15) is 0 Å². The number of carboxylic acids is 1. The van der Waals surface area contributed by atoms with Crippen molar-refractivity contribution in [3.63, 3.8) is 0 Å². The Hall–Kier alpha value is -1.98. The monoisotopic (exact) mass is 325 g/mol. The lowest BCUT2D eigenvalue weighted by Gasteiger charge is -2.37. The van der Waals surface area contributed by atoms with Crippen LogP contribution in [0, 0.1) is 23.0 Å². The molecule has 1 amide bonds. The van der Waals surface area contributed by atoms with E-state index in [4.69, 9.17) is 0 Å². The molecule has 1 aromatic rings. The van der Waals surface area contributed by atoms with Gasteiger partial charge in [-0.15, -0.1) is 0 Å². The van der Waals surface area contributed by atoms with Crippen molar-refractivity contribution in [2.24, 2.45) is 11.3 Å². The summed E-state index contributed by atoms with van der Waals surface area (Å²) in [6.07, 6.45) is 4.16. The Kier molecular flexibility index (Phi) is 5.34. The van der Waals surface area contributed by atoms with Crippen LogP contribution < -0.4 is 5.32 Å². The van der Waals surface area contributed by atoms with Crippen LogP contribution in [0.3, 0.4) is 0 Å². The van der Waals surface area contributed by atoms with Gasteiger partial charge >= 0.3 is 5.97 Å². The van der Waals surface area contributed by atoms with E-state index in [9.17, 15) is 23.5 Å². The number of rotatable bonds is 5. The lowest BCUT2D eigenvalue weighted by molar-refractivity contribution is -0.145. The first-order chi connectivity index (χ1) is 10.8. The number of halogens is 2. The van der Waals surface area contributed by atoms with E-state index in [1.807, 2.05) is 0 Å². The Morgan fingerprint density at radius 1 is 1.26 bits per heavy atom. The number of nitrogens with one attached hydrogen (secondary N) is 1.